The van der Waals surface area contributed by atoms with Crippen LogP contribution in [0, 0.1) is 11.8 Å². The van der Waals surface area contributed by atoms with Gasteiger partial charge >= 0.3 is 6.18 Å². The van der Waals surface area contributed by atoms with E-state index >= 15 is 0 Å². The SMILES string of the molecule is O=C(C#Cc1ccc(-c2ccccc2)c(C(F)(F)F)c1)NC(CO)CO. The Morgan fingerprint density at radius 1 is 1.08 bits per heavy atom. The number of aliphatic hydroxyl groups is 2. The first-order valence-corrected chi connectivity index (χ1v) is 7.66. The molecule has 0 aliphatic rings. The molecule has 1 amide bonds. The van der Waals surface area contributed by atoms with E-state index in [9.17, 15) is 18.0 Å². The zero-order chi connectivity index (χ0) is 19.2. The summed E-state index contributed by atoms with van der Waals surface area (Å²) in [5.74, 6) is 3.70. The number of carbonyl (C=O) groups excluding carboxylic acids is 1. The van der Waals surface area contributed by atoms with E-state index in [2.05, 4.69) is 17.2 Å². The molecular formula is C19H16F3NO3. The molecule has 0 aromatic heterocycles. The van der Waals surface area contributed by atoms with Gasteiger partial charge in [-0.2, -0.15) is 13.2 Å². The molecule has 0 saturated heterocycles. The predicted octanol–water partition coefficient (Wildman–Crippen LogP) is 2.19. The average molecular weight is 363 g/mol. The molecule has 0 bridgehead atoms. The fourth-order valence-electron chi connectivity index (χ4n) is 2.23. The fourth-order valence-corrected chi connectivity index (χ4v) is 2.23. The number of carbonyl (C=O) groups is 1. The number of aliphatic hydroxyl groups excluding tert-OH is 2. The molecule has 26 heavy (non-hydrogen) atoms. The summed E-state index contributed by atoms with van der Waals surface area (Å²) in [7, 11) is 0. The van der Waals surface area contributed by atoms with Gasteiger partial charge in [-0.1, -0.05) is 42.3 Å². The van der Waals surface area contributed by atoms with Gasteiger partial charge in [-0.25, -0.2) is 0 Å². The molecule has 0 heterocycles. The first-order valence-electron chi connectivity index (χ1n) is 7.66. The Morgan fingerprint density at radius 2 is 1.73 bits per heavy atom. The molecule has 3 N–H and O–H groups in total. The third kappa shape index (κ3) is 5.09. The van der Waals surface area contributed by atoms with Crippen LogP contribution in [0.2, 0.25) is 0 Å². The van der Waals surface area contributed by atoms with E-state index in [0.717, 1.165) is 6.07 Å². The molecule has 7 heteroatoms. The largest absolute Gasteiger partial charge is 0.417 e. The molecule has 0 aliphatic carbocycles. The summed E-state index contributed by atoms with van der Waals surface area (Å²) in [6, 6.07) is 10.9. The van der Waals surface area contributed by atoms with Crippen molar-refractivity contribution in [1.29, 1.82) is 0 Å². The van der Waals surface area contributed by atoms with E-state index in [0.29, 0.717) is 5.56 Å². The second kappa shape index (κ2) is 8.52. The highest BCUT2D eigenvalue weighted by Gasteiger charge is 2.33. The second-order valence-electron chi connectivity index (χ2n) is 5.41. The summed E-state index contributed by atoms with van der Waals surface area (Å²) in [5.41, 5.74) is -0.379. The maximum atomic E-state index is 13.4. The minimum atomic E-state index is -4.58. The van der Waals surface area contributed by atoms with E-state index in [1.165, 1.54) is 12.1 Å². The Morgan fingerprint density at radius 3 is 2.31 bits per heavy atom. The van der Waals surface area contributed by atoms with Crippen LogP contribution in [0.1, 0.15) is 11.1 Å². The van der Waals surface area contributed by atoms with Crippen molar-refractivity contribution in [2.24, 2.45) is 0 Å². The van der Waals surface area contributed by atoms with Crippen molar-refractivity contribution in [3.63, 3.8) is 0 Å². The standard InChI is InChI=1S/C19H16F3NO3/c20-19(21,22)17-10-13(7-9-18(26)23-15(11-24)12-25)6-8-16(17)14-4-2-1-3-5-14/h1-6,8,10,15,24-25H,11-12H2,(H,23,26). The van der Waals surface area contributed by atoms with Gasteiger partial charge in [-0.3, -0.25) is 4.79 Å². The van der Waals surface area contributed by atoms with Crippen LogP contribution >= 0.6 is 0 Å². The maximum absolute atomic E-state index is 13.4. The highest BCUT2D eigenvalue weighted by Crippen LogP contribution is 2.37. The normalized spacial score (nSPS) is 11.0. The van der Waals surface area contributed by atoms with Crippen molar-refractivity contribution in [3.8, 4) is 23.0 Å². The van der Waals surface area contributed by atoms with Crippen LogP contribution in [-0.2, 0) is 11.0 Å². The van der Waals surface area contributed by atoms with Gasteiger partial charge in [-0.05, 0) is 23.3 Å². The summed E-state index contributed by atoms with van der Waals surface area (Å²) in [4.78, 5) is 11.6. The zero-order valence-corrected chi connectivity index (χ0v) is 13.5. The lowest BCUT2D eigenvalue weighted by molar-refractivity contribution is -0.137. The van der Waals surface area contributed by atoms with Gasteiger partial charge < -0.3 is 15.5 Å². The van der Waals surface area contributed by atoms with Crippen molar-refractivity contribution >= 4 is 5.91 Å². The monoisotopic (exact) mass is 363 g/mol. The highest BCUT2D eigenvalue weighted by atomic mass is 19.4. The summed E-state index contributed by atoms with van der Waals surface area (Å²) >= 11 is 0. The van der Waals surface area contributed by atoms with E-state index in [1.807, 2.05) is 0 Å². The van der Waals surface area contributed by atoms with Crippen molar-refractivity contribution in [2.75, 3.05) is 13.2 Å². The van der Waals surface area contributed by atoms with Crippen LogP contribution < -0.4 is 5.32 Å². The van der Waals surface area contributed by atoms with Crippen LogP contribution in [0.4, 0.5) is 13.2 Å². The minimum Gasteiger partial charge on any atom is -0.394 e. The fraction of sp³-hybridized carbons (Fsp3) is 0.211. The molecule has 2 aromatic rings. The van der Waals surface area contributed by atoms with Crippen LogP contribution in [0.25, 0.3) is 11.1 Å². The van der Waals surface area contributed by atoms with Crippen molar-refractivity contribution < 1.29 is 28.2 Å². The molecule has 0 fully saturated rings. The molecule has 0 atom stereocenters. The van der Waals surface area contributed by atoms with Gasteiger partial charge in [0.15, 0.2) is 0 Å². The Bertz CT molecular complexity index is 819. The van der Waals surface area contributed by atoms with Gasteiger partial charge in [0.05, 0.1) is 24.8 Å². The Hall–Kier alpha value is -2.82. The number of hydrogen-bond acceptors (Lipinski definition) is 3. The second-order valence-corrected chi connectivity index (χ2v) is 5.41. The van der Waals surface area contributed by atoms with Crippen LogP contribution in [0.15, 0.2) is 48.5 Å². The van der Waals surface area contributed by atoms with Gasteiger partial charge in [0.25, 0.3) is 5.91 Å². The molecule has 0 saturated carbocycles. The van der Waals surface area contributed by atoms with E-state index in [-0.39, 0.29) is 11.1 Å². The highest BCUT2D eigenvalue weighted by molar-refractivity contribution is 5.94. The minimum absolute atomic E-state index is 0.0220. The lowest BCUT2D eigenvalue weighted by atomic mass is 9.97. The smallest absolute Gasteiger partial charge is 0.394 e. The van der Waals surface area contributed by atoms with Crippen molar-refractivity contribution in [2.45, 2.75) is 12.2 Å². The Balaban J connectivity index is 2.33. The first kappa shape index (κ1) is 19.5. The number of benzene rings is 2. The number of alkyl halides is 3. The molecule has 0 spiro atoms. The van der Waals surface area contributed by atoms with Gasteiger partial charge in [0.1, 0.15) is 0 Å². The lowest BCUT2D eigenvalue weighted by Gasteiger charge is -2.13. The molecule has 0 unspecified atom stereocenters. The van der Waals surface area contributed by atoms with Crippen molar-refractivity contribution in [3.05, 3.63) is 59.7 Å². The van der Waals surface area contributed by atoms with Gasteiger partial charge in [-0.15, -0.1) is 0 Å². The first-order chi connectivity index (χ1) is 12.3. The summed E-state index contributed by atoms with van der Waals surface area (Å²) in [6.45, 7) is -0.957. The third-order valence-corrected chi connectivity index (χ3v) is 3.51. The van der Waals surface area contributed by atoms with Crippen molar-refractivity contribution in [1.82, 2.24) is 5.32 Å². The lowest BCUT2D eigenvalue weighted by Crippen LogP contribution is -2.39. The molecule has 2 rings (SSSR count). The number of amides is 1. The number of halogens is 3. The molecule has 0 aliphatic heterocycles. The molecule has 4 nitrogen and oxygen atoms in total. The Labute approximate surface area is 148 Å². The summed E-state index contributed by atoms with van der Waals surface area (Å²) in [5, 5.41) is 20.0. The Kier molecular flexibility index (Phi) is 6.39. The van der Waals surface area contributed by atoms with Crippen LogP contribution in [0.5, 0.6) is 0 Å². The average Bonchev–Trinajstić information content (AvgIpc) is 2.64. The van der Waals surface area contributed by atoms with E-state index < -0.39 is 36.9 Å². The topological polar surface area (TPSA) is 69.6 Å². The number of hydrogen-bond donors (Lipinski definition) is 3. The maximum Gasteiger partial charge on any atom is 0.417 e. The number of rotatable bonds is 4. The van der Waals surface area contributed by atoms with E-state index in [1.54, 1.807) is 30.3 Å². The molecule has 136 valence electrons. The van der Waals surface area contributed by atoms with Crippen LogP contribution in [-0.4, -0.2) is 35.4 Å². The quantitative estimate of drug-likeness (QED) is 0.730. The zero-order valence-electron chi connectivity index (χ0n) is 13.5. The van der Waals surface area contributed by atoms with E-state index in [4.69, 9.17) is 10.2 Å². The predicted molar refractivity (Wildman–Crippen MR) is 89.9 cm³/mol. The summed E-state index contributed by atoms with van der Waals surface area (Å²) < 4.78 is 40.2. The van der Waals surface area contributed by atoms with Gasteiger partial charge in [0.2, 0.25) is 0 Å². The summed E-state index contributed by atoms with van der Waals surface area (Å²) in [6.07, 6.45) is -4.58. The molecule has 2 aromatic carbocycles. The van der Waals surface area contributed by atoms with Gasteiger partial charge in [0, 0.05) is 11.5 Å². The third-order valence-electron chi connectivity index (χ3n) is 3.51. The molecular weight excluding hydrogens is 347 g/mol. The molecule has 0 radical (unpaired) electrons. The van der Waals surface area contributed by atoms with Crippen LogP contribution in [0.3, 0.4) is 0 Å². The number of nitrogens with one attached hydrogen (secondary N) is 1.